The van der Waals surface area contributed by atoms with Crippen LogP contribution >= 0.6 is 11.6 Å². The van der Waals surface area contributed by atoms with E-state index in [2.05, 4.69) is 15.0 Å². The average molecular weight is 534 g/mol. The zero-order valence-corrected chi connectivity index (χ0v) is 19.8. The molecule has 2 heterocycles. The third kappa shape index (κ3) is 6.42. The first kappa shape index (κ1) is 27.2. The number of esters is 1. The Bertz CT molecular complexity index is 1260. The van der Waals surface area contributed by atoms with Crippen LogP contribution < -0.4 is 10.1 Å². The van der Waals surface area contributed by atoms with Crippen LogP contribution in [0.3, 0.4) is 0 Å². The molecule has 13 heteroatoms. The van der Waals surface area contributed by atoms with E-state index < -0.39 is 55.2 Å². The molecule has 0 fully saturated rings. The number of aromatic nitrogens is 2. The lowest BCUT2D eigenvalue weighted by Crippen LogP contribution is -2.42. The Morgan fingerprint density at radius 3 is 2.50 bits per heavy atom. The quantitative estimate of drug-likeness (QED) is 0.304. The summed E-state index contributed by atoms with van der Waals surface area (Å²) < 4.78 is 76.9. The molecule has 1 unspecified atom stereocenters. The second-order valence-corrected chi connectivity index (χ2v) is 8.24. The first-order valence-electron chi connectivity index (χ1n) is 10.6. The summed E-state index contributed by atoms with van der Waals surface area (Å²) in [5, 5.41) is 2.47. The van der Waals surface area contributed by atoms with Gasteiger partial charge in [0.05, 0.1) is 23.4 Å². The van der Waals surface area contributed by atoms with Gasteiger partial charge in [0.25, 0.3) is 5.91 Å². The Hall–Kier alpha value is -3.41. The van der Waals surface area contributed by atoms with Gasteiger partial charge in [-0.1, -0.05) is 17.7 Å². The molecule has 1 N–H and O–H groups in total. The van der Waals surface area contributed by atoms with E-state index >= 15 is 0 Å². The van der Waals surface area contributed by atoms with Crippen molar-refractivity contribution < 1.29 is 41.0 Å². The maximum Gasteiger partial charge on any atom is 0.389 e. The van der Waals surface area contributed by atoms with Crippen LogP contribution in [0.15, 0.2) is 30.5 Å². The summed E-state index contributed by atoms with van der Waals surface area (Å²) >= 11 is 6.15. The van der Waals surface area contributed by atoms with Gasteiger partial charge in [-0.05, 0) is 31.9 Å². The lowest BCUT2D eigenvalue weighted by molar-refractivity contribution is -0.145. The van der Waals surface area contributed by atoms with Crippen LogP contribution in [0.4, 0.5) is 22.0 Å². The van der Waals surface area contributed by atoms with Gasteiger partial charge in [-0.15, -0.1) is 0 Å². The summed E-state index contributed by atoms with van der Waals surface area (Å²) in [4.78, 5) is 29.4. The van der Waals surface area contributed by atoms with Crippen molar-refractivity contribution in [1.29, 1.82) is 0 Å². The van der Waals surface area contributed by atoms with Gasteiger partial charge in [-0.25, -0.2) is 18.6 Å². The zero-order valence-electron chi connectivity index (χ0n) is 19.1. The number of hydrogen-bond acceptors (Lipinski definition) is 5. The number of pyridine rings is 1. The second-order valence-electron chi connectivity index (χ2n) is 7.81. The number of carbonyl (C=O) groups excluding carboxylic acids is 2. The lowest BCUT2D eigenvalue weighted by atomic mass is 10.1. The number of ether oxygens (including phenoxy) is 2. The highest BCUT2D eigenvalue weighted by molar-refractivity contribution is 6.30. The number of halogens is 6. The van der Waals surface area contributed by atoms with E-state index in [1.807, 2.05) is 0 Å². The molecule has 0 bridgehead atoms. The first-order chi connectivity index (χ1) is 16.9. The summed E-state index contributed by atoms with van der Waals surface area (Å²) in [5.74, 6) is -3.34. The molecule has 1 atom stereocenters. The third-order valence-electron chi connectivity index (χ3n) is 5.22. The fourth-order valence-electron chi connectivity index (χ4n) is 3.52. The number of aryl methyl sites for hydroxylation is 1. The van der Waals surface area contributed by atoms with E-state index in [1.54, 1.807) is 0 Å². The number of alkyl halides is 3. The molecule has 7 nitrogen and oxygen atoms in total. The molecular weight excluding hydrogens is 513 g/mol. The molecule has 0 saturated heterocycles. The van der Waals surface area contributed by atoms with E-state index in [0.717, 1.165) is 19.2 Å². The number of nitrogens with zero attached hydrogens (tertiary/aromatic N) is 2. The molecule has 36 heavy (non-hydrogen) atoms. The molecule has 0 spiro atoms. The maximum atomic E-state index is 14.0. The standard InChI is InChI=1S/C23H21ClF5N3O4/c1-12-19(21(33)31-17(22(34)35-2)7-4-8-23(27,28)29)32-10-13(24)9-18(20(32)30-12)36-11-14-15(25)5-3-6-16(14)26/h3,5-6,9-10,17H,4,7-8,11H2,1-2H3,(H,31,33). The Labute approximate surface area is 207 Å². The molecule has 3 rings (SSSR count). The van der Waals surface area contributed by atoms with Crippen molar-refractivity contribution in [2.75, 3.05) is 7.11 Å². The topological polar surface area (TPSA) is 81.9 Å². The zero-order chi connectivity index (χ0) is 26.6. The minimum atomic E-state index is -4.42. The number of benzene rings is 1. The molecule has 194 valence electrons. The number of hydrogen-bond donors (Lipinski definition) is 1. The number of imidazole rings is 1. The van der Waals surface area contributed by atoms with Gasteiger partial charge in [0.15, 0.2) is 11.4 Å². The molecule has 0 aliphatic rings. The number of nitrogens with one attached hydrogen (secondary N) is 1. The molecular formula is C23H21ClF5N3O4. The van der Waals surface area contributed by atoms with Crippen LogP contribution in [-0.4, -0.2) is 40.6 Å². The number of fused-ring (bicyclic) bond motifs is 1. The molecule has 1 amide bonds. The SMILES string of the molecule is COC(=O)C(CCCC(F)(F)F)NC(=O)c1c(C)nc2c(OCc3c(F)cccc3F)cc(Cl)cn12. The molecule has 0 radical (unpaired) electrons. The third-order valence-corrected chi connectivity index (χ3v) is 5.43. The molecule has 3 aromatic rings. The molecule has 2 aromatic heterocycles. The van der Waals surface area contributed by atoms with Crippen molar-refractivity contribution in [1.82, 2.24) is 14.7 Å². The smallest absolute Gasteiger partial charge is 0.389 e. The van der Waals surface area contributed by atoms with Crippen molar-refractivity contribution in [3.8, 4) is 5.75 Å². The van der Waals surface area contributed by atoms with Gasteiger partial charge >= 0.3 is 12.1 Å². The van der Waals surface area contributed by atoms with E-state index in [-0.39, 0.29) is 39.8 Å². The second kappa shape index (κ2) is 11.1. The largest absolute Gasteiger partial charge is 0.485 e. The van der Waals surface area contributed by atoms with Crippen LogP contribution in [0.25, 0.3) is 5.65 Å². The van der Waals surface area contributed by atoms with Crippen molar-refractivity contribution in [2.24, 2.45) is 0 Å². The maximum absolute atomic E-state index is 14.0. The minimum Gasteiger partial charge on any atom is -0.485 e. The van der Waals surface area contributed by atoms with Crippen LogP contribution in [0, 0.1) is 18.6 Å². The van der Waals surface area contributed by atoms with Gasteiger partial charge in [0.1, 0.15) is 30.0 Å². The van der Waals surface area contributed by atoms with E-state index in [0.29, 0.717) is 0 Å². The average Bonchev–Trinajstić information content (AvgIpc) is 3.12. The van der Waals surface area contributed by atoms with E-state index in [4.69, 9.17) is 16.3 Å². The highest BCUT2D eigenvalue weighted by atomic mass is 35.5. The van der Waals surface area contributed by atoms with Crippen molar-refractivity contribution in [3.05, 3.63) is 64.1 Å². The molecule has 0 saturated carbocycles. The van der Waals surface area contributed by atoms with Gasteiger partial charge in [0, 0.05) is 18.7 Å². The monoisotopic (exact) mass is 533 g/mol. The molecule has 0 aliphatic carbocycles. The number of rotatable bonds is 9. The summed E-state index contributed by atoms with van der Waals surface area (Å²) in [6.07, 6.45) is -4.94. The van der Waals surface area contributed by atoms with Gasteiger partial charge in [-0.2, -0.15) is 13.2 Å². The Morgan fingerprint density at radius 2 is 1.89 bits per heavy atom. The summed E-state index contributed by atoms with van der Waals surface area (Å²) in [6.45, 7) is 0.985. The Kier molecular flexibility index (Phi) is 8.39. The Balaban J connectivity index is 1.88. The minimum absolute atomic E-state index is 0.0157. The van der Waals surface area contributed by atoms with Crippen molar-refractivity contribution in [3.63, 3.8) is 0 Å². The molecule has 1 aromatic carbocycles. The number of amides is 1. The van der Waals surface area contributed by atoms with Gasteiger partial charge in [0.2, 0.25) is 0 Å². The summed E-state index contributed by atoms with van der Waals surface area (Å²) in [6, 6.07) is 3.36. The van der Waals surface area contributed by atoms with Crippen LogP contribution in [0.1, 0.15) is 41.0 Å². The van der Waals surface area contributed by atoms with E-state index in [1.165, 1.54) is 29.7 Å². The molecule has 0 aliphatic heterocycles. The Morgan fingerprint density at radius 1 is 1.22 bits per heavy atom. The van der Waals surface area contributed by atoms with Gasteiger partial charge < -0.3 is 14.8 Å². The van der Waals surface area contributed by atoms with Crippen molar-refractivity contribution in [2.45, 2.75) is 45.0 Å². The fourth-order valence-corrected chi connectivity index (χ4v) is 3.72. The van der Waals surface area contributed by atoms with Crippen LogP contribution in [-0.2, 0) is 16.1 Å². The first-order valence-corrected chi connectivity index (χ1v) is 11.0. The predicted octanol–water partition coefficient (Wildman–Crippen LogP) is 5.16. The van der Waals surface area contributed by atoms with Crippen LogP contribution in [0.2, 0.25) is 5.02 Å². The fraction of sp³-hybridized carbons (Fsp3) is 0.348. The van der Waals surface area contributed by atoms with Crippen molar-refractivity contribution >= 4 is 29.1 Å². The highest BCUT2D eigenvalue weighted by Crippen LogP contribution is 2.28. The predicted molar refractivity (Wildman–Crippen MR) is 119 cm³/mol. The van der Waals surface area contributed by atoms with Crippen LogP contribution in [0.5, 0.6) is 5.75 Å². The number of methoxy groups -OCH3 is 1. The lowest BCUT2D eigenvalue weighted by Gasteiger charge is -2.17. The summed E-state index contributed by atoms with van der Waals surface area (Å²) in [7, 11) is 1.05. The number of carbonyl (C=O) groups is 2. The highest BCUT2D eigenvalue weighted by Gasteiger charge is 2.30. The van der Waals surface area contributed by atoms with E-state index in [9.17, 15) is 31.5 Å². The normalized spacial score (nSPS) is 12.4. The summed E-state index contributed by atoms with van der Waals surface area (Å²) in [5.41, 5.74) is -0.128. The van der Waals surface area contributed by atoms with Gasteiger partial charge in [-0.3, -0.25) is 9.20 Å².